The summed E-state index contributed by atoms with van der Waals surface area (Å²) < 4.78 is 31.3. The van der Waals surface area contributed by atoms with Crippen molar-refractivity contribution in [1.29, 1.82) is 0 Å². The standard InChI is InChI=1S/C17H23BrF2N2O3/c1-17(2,3)25-16(24)21-7-9-22(15(23)11-18)8-6-12-4-5-13(19)14(20)10-12/h4-5,10H,6-9,11H2,1-3H3,(H,21,24). The summed E-state index contributed by atoms with van der Waals surface area (Å²) in [5, 5.41) is 2.72. The molecule has 0 atom stereocenters. The number of rotatable bonds is 7. The van der Waals surface area contributed by atoms with E-state index in [-0.39, 0.29) is 24.3 Å². The van der Waals surface area contributed by atoms with Gasteiger partial charge in [0.15, 0.2) is 11.6 Å². The third-order valence-corrected chi connectivity index (χ3v) is 3.65. The zero-order valence-electron chi connectivity index (χ0n) is 14.6. The number of carbonyl (C=O) groups excluding carboxylic acids is 2. The first kappa shape index (κ1) is 21.3. The number of ether oxygens (including phenoxy) is 1. The Kier molecular flexibility index (Phi) is 8.28. The summed E-state index contributed by atoms with van der Waals surface area (Å²) >= 11 is 3.11. The number of nitrogens with one attached hydrogen (secondary N) is 1. The molecular weight excluding hydrogens is 398 g/mol. The molecule has 140 valence electrons. The molecule has 5 nitrogen and oxygen atoms in total. The molecule has 8 heteroatoms. The van der Waals surface area contributed by atoms with Crippen LogP contribution in [0, 0.1) is 11.6 Å². The van der Waals surface area contributed by atoms with E-state index in [0.717, 1.165) is 12.1 Å². The Balaban J connectivity index is 2.52. The lowest BCUT2D eigenvalue weighted by Gasteiger charge is -2.23. The van der Waals surface area contributed by atoms with Crippen LogP contribution in [0.3, 0.4) is 0 Å². The summed E-state index contributed by atoms with van der Waals surface area (Å²) in [6, 6.07) is 3.66. The Morgan fingerprint density at radius 3 is 2.44 bits per heavy atom. The average molecular weight is 421 g/mol. The molecule has 0 aromatic heterocycles. The molecule has 25 heavy (non-hydrogen) atoms. The molecule has 0 aliphatic carbocycles. The molecule has 2 amide bonds. The number of nitrogens with zero attached hydrogens (tertiary/aromatic N) is 1. The molecule has 0 aliphatic heterocycles. The highest BCUT2D eigenvalue weighted by molar-refractivity contribution is 9.09. The Hall–Kier alpha value is -1.70. The van der Waals surface area contributed by atoms with E-state index in [4.69, 9.17) is 4.74 Å². The first-order chi connectivity index (χ1) is 11.6. The van der Waals surface area contributed by atoms with Gasteiger partial charge in [-0.3, -0.25) is 4.79 Å². The van der Waals surface area contributed by atoms with Gasteiger partial charge in [0, 0.05) is 19.6 Å². The summed E-state index contributed by atoms with van der Waals surface area (Å²) in [5.74, 6) is -1.98. The first-order valence-corrected chi connectivity index (χ1v) is 8.99. The van der Waals surface area contributed by atoms with Crippen molar-refractivity contribution in [3.8, 4) is 0 Å². The maximum absolute atomic E-state index is 13.2. The van der Waals surface area contributed by atoms with Crippen LogP contribution in [0.4, 0.5) is 13.6 Å². The van der Waals surface area contributed by atoms with Crippen LogP contribution in [0.25, 0.3) is 0 Å². The number of alkyl halides is 1. The van der Waals surface area contributed by atoms with Gasteiger partial charge < -0.3 is 15.0 Å². The van der Waals surface area contributed by atoms with E-state index in [1.165, 1.54) is 11.0 Å². The summed E-state index contributed by atoms with van der Waals surface area (Å²) in [7, 11) is 0. The maximum atomic E-state index is 13.2. The molecule has 1 aromatic carbocycles. The molecule has 0 saturated carbocycles. The lowest BCUT2D eigenvalue weighted by atomic mass is 10.1. The van der Waals surface area contributed by atoms with E-state index >= 15 is 0 Å². The molecule has 0 heterocycles. The normalized spacial score (nSPS) is 11.1. The van der Waals surface area contributed by atoms with Gasteiger partial charge in [-0.05, 0) is 44.9 Å². The molecule has 1 aromatic rings. The fourth-order valence-electron chi connectivity index (χ4n) is 2.01. The second-order valence-electron chi connectivity index (χ2n) is 6.44. The minimum Gasteiger partial charge on any atom is -0.444 e. The Morgan fingerprint density at radius 2 is 1.88 bits per heavy atom. The minimum absolute atomic E-state index is 0.136. The number of halogens is 3. The van der Waals surface area contributed by atoms with Crippen LogP contribution in [0.15, 0.2) is 18.2 Å². The number of alkyl carbamates (subject to hydrolysis) is 1. The Morgan fingerprint density at radius 1 is 1.20 bits per heavy atom. The van der Waals surface area contributed by atoms with Gasteiger partial charge in [0.25, 0.3) is 0 Å². The van der Waals surface area contributed by atoms with Crippen LogP contribution < -0.4 is 5.32 Å². The van der Waals surface area contributed by atoms with Gasteiger partial charge in [-0.15, -0.1) is 0 Å². The van der Waals surface area contributed by atoms with Crippen LogP contribution in [0.1, 0.15) is 26.3 Å². The lowest BCUT2D eigenvalue weighted by molar-refractivity contribution is -0.128. The van der Waals surface area contributed by atoms with E-state index in [2.05, 4.69) is 21.2 Å². The monoisotopic (exact) mass is 420 g/mol. The number of benzene rings is 1. The van der Waals surface area contributed by atoms with Crippen molar-refractivity contribution in [1.82, 2.24) is 10.2 Å². The molecular formula is C17H23BrF2N2O3. The predicted molar refractivity (Wildman–Crippen MR) is 94.7 cm³/mol. The summed E-state index contributed by atoms with van der Waals surface area (Å²) in [6.07, 6.45) is -0.179. The van der Waals surface area contributed by atoms with Crippen molar-refractivity contribution in [2.75, 3.05) is 25.0 Å². The molecule has 0 saturated heterocycles. The van der Waals surface area contributed by atoms with Crippen LogP contribution in [0.5, 0.6) is 0 Å². The van der Waals surface area contributed by atoms with E-state index in [1.54, 1.807) is 20.8 Å². The maximum Gasteiger partial charge on any atom is 0.407 e. The van der Waals surface area contributed by atoms with Gasteiger partial charge in [0.05, 0.1) is 5.33 Å². The van der Waals surface area contributed by atoms with Crippen molar-refractivity contribution in [3.05, 3.63) is 35.4 Å². The molecule has 1 N–H and O–H groups in total. The fourth-order valence-corrected chi connectivity index (χ4v) is 2.37. The van der Waals surface area contributed by atoms with Gasteiger partial charge in [-0.1, -0.05) is 22.0 Å². The van der Waals surface area contributed by atoms with Gasteiger partial charge in [-0.25, -0.2) is 13.6 Å². The zero-order valence-corrected chi connectivity index (χ0v) is 16.2. The highest BCUT2D eigenvalue weighted by Crippen LogP contribution is 2.10. The molecule has 1 rings (SSSR count). The van der Waals surface area contributed by atoms with Gasteiger partial charge in [-0.2, -0.15) is 0 Å². The van der Waals surface area contributed by atoms with E-state index in [9.17, 15) is 18.4 Å². The van der Waals surface area contributed by atoms with Gasteiger partial charge in [0.2, 0.25) is 5.91 Å². The van der Waals surface area contributed by atoms with E-state index in [0.29, 0.717) is 18.5 Å². The van der Waals surface area contributed by atoms with Crippen LogP contribution in [0.2, 0.25) is 0 Å². The van der Waals surface area contributed by atoms with Gasteiger partial charge >= 0.3 is 6.09 Å². The number of carbonyl (C=O) groups is 2. The largest absolute Gasteiger partial charge is 0.444 e. The Bertz CT molecular complexity index is 606. The summed E-state index contributed by atoms with van der Waals surface area (Å²) in [4.78, 5) is 25.1. The topological polar surface area (TPSA) is 58.6 Å². The summed E-state index contributed by atoms with van der Waals surface area (Å²) in [5.41, 5.74) is -0.00590. The second kappa shape index (κ2) is 9.70. The third-order valence-electron chi connectivity index (χ3n) is 3.17. The van der Waals surface area contributed by atoms with Crippen LogP contribution >= 0.6 is 15.9 Å². The highest BCUT2D eigenvalue weighted by atomic mass is 79.9. The predicted octanol–water partition coefficient (Wildman–Crippen LogP) is 3.26. The lowest BCUT2D eigenvalue weighted by Crippen LogP contribution is -2.41. The van der Waals surface area contributed by atoms with Crippen molar-refractivity contribution in [2.24, 2.45) is 0 Å². The molecule has 0 unspecified atom stereocenters. The molecule has 0 fully saturated rings. The smallest absolute Gasteiger partial charge is 0.407 e. The molecule has 0 aliphatic rings. The minimum atomic E-state index is -0.914. The van der Waals surface area contributed by atoms with Gasteiger partial charge in [0.1, 0.15) is 5.60 Å². The average Bonchev–Trinajstić information content (AvgIpc) is 2.51. The number of hydrogen-bond acceptors (Lipinski definition) is 3. The van der Waals surface area contributed by atoms with Crippen molar-refractivity contribution >= 4 is 27.9 Å². The quantitative estimate of drug-likeness (QED) is 0.688. The van der Waals surface area contributed by atoms with Crippen LogP contribution in [-0.2, 0) is 16.0 Å². The van der Waals surface area contributed by atoms with Crippen molar-refractivity contribution in [2.45, 2.75) is 32.8 Å². The van der Waals surface area contributed by atoms with Crippen molar-refractivity contribution in [3.63, 3.8) is 0 Å². The number of hydrogen-bond donors (Lipinski definition) is 1. The molecule has 0 spiro atoms. The summed E-state index contributed by atoms with van der Waals surface area (Å²) in [6.45, 7) is 6.11. The van der Waals surface area contributed by atoms with E-state index in [1.807, 2.05) is 0 Å². The molecule has 0 bridgehead atoms. The first-order valence-electron chi connectivity index (χ1n) is 7.87. The highest BCUT2D eigenvalue weighted by Gasteiger charge is 2.17. The number of amides is 2. The third kappa shape index (κ3) is 8.29. The second-order valence-corrected chi connectivity index (χ2v) is 7.00. The van der Waals surface area contributed by atoms with Crippen molar-refractivity contribution < 1.29 is 23.1 Å². The van der Waals surface area contributed by atoms with E-state index < -0.39 is 23.3 Å². The SMILES string of the molecule is CC(C)(C)OC(=O)NCCN(CCc1ccc(F)c(F)c1)C(=O)CBr. The zero-order chi connectivity index (χ0) is 19.0. The van der Waals surface area contributed by atoms with Crippen LogP contribution in [-0.4, -0.2) is 47.5 Å². The Labute approximate surface area is 154 Å². The fraction of sp³-hybridized carbons (Fsp3) is 0.529. The molecule has 0 radical (unpaired) electrons.